The highest BCUT2D eigenvalue weighted by Crippen LogP contribution is 2.14. The van der Waals surface area contributed by atoms with Crippen molar-refractivity contribution in [2.45, 2.75) is 245 Å². The van der Waals surface area contributed by atoms with Gasteiger partial charge in [-0.2, -0.15) is 0 Å². The van der Waals surface area contributed by atoms with Gasteiger partial charge in [0.1, 0.15) is 13.2 Å². The van der Waals surface area contributed by atoms with Crippen LogP contribution in [0.1, 0.15) is 239 Å². The van der Waals surface area contributed by atoms with E-state index in [1.165, 1.54) is 70.6 Å². The van der Waals surface area contributed by atoms with Gasteiger partial charge in [0, 0.05) is 19.3 Å². The second kappa shape index (κ2) is 56.4. The van der Waals surface area contributed by atoms with Crippen molar-refractivity contribution in [1.82, 2.24) is 0 Å². The molecule has 69 heavy (non-hydrogen) atoms. The van der Waals surface area contributed by atoms with Crippen molar-refractivity contribution in [3.05, 3.63) is 122 Å². The lowest BCUT2D eigenvalue weighted by atomic mass is 10.1. The first kappa shape index (κ1) is 64.8. The molecule has 0 amide bonds. The molecule has 0 aromatic rings. The van der Waals surface area contributed by atoms with E-state index in [4.69, 9.17) is 14.2 Å². The Hall–Kier alpha value is -4.19. The number of ether oxygens (including phenoxy) is 3. The highest BCUT2D eigenvalue weighted by atomic mass is 16.6. The molecular formula is C63H102O6. The molecule has 6 heteroatoms. The summed E-state index contributed by atoms with van der Waals surface area (Å²) in [6, 6.07) is 0. The zero-order valence-electron chi connectivity index (χ0n) is 44.5. The fourth-order valence-corrected chi connectivity index (χ4v) is 7.34. The predicted octanol–water partition coefficient (Wildman–Crippen LogP) is 18.9. The number of carbonyl (C=O) groups is 3. The molecule has 0 aliphatic carbocycles. The van der Waals surface area contributed by atoms with Crippen molar-refractivity contribution >= 4 is 17.9 Å². The first-order valence-corrected chi connectivity index (χ1v) is 28.1. The molecule has 1 atom stereocenters. The Labute approximate surface area is 424 Å². The molecule has 0 aliphatic rings. The zero-order chi connectivity index (χ0) is 50.0. The van der Waals surface area contributed by atoms with E-state index >= 15 is 0 Å². The minimum atomic E-state index is -0.803. The molecule has 0 aromatic heterocycles. The van der Waals surface area contributed by atoms with Crippen LogP contribution in [0, 0.1) is 0 Å². The highest BCUT2D eigenvalue weighted by molar-refractivity contribution is 5.71. The minimum absolute atomic E-state index is 0.0999. The third-order valence-corrected chi connectivity index (χ3v) is 11.5. The maximum atomic E-state index is 12.9. The summed E-state index contributed by atoms with van der Waals surface area (Å²) < 4.78 is 16.8. The molecule has 0 fully saturated rings. The number of rotatable bonds is 49. The molecule has 0 bridgehead atoms. The summed E-state index contributed by atoms with van der Waals surface area (Å²) in [5, 5.41) is 0. The summed E-state index contributed by atoms with van der Waals surface area (Å²) in [6.45, 7) is 6.37. The Morgan fingerprint density at radius 1 is 0.319 bits per heavy atom. The molecule has 0 radical (unpaired) electrons. The summed E-state index contributed by atoms with van der Waals surface area (Å²) in [6.07, 6.45) is 77.4. The molecule has 0 heterocycles. The third kappa shape index (κ3) is 54.6. The van der Waals surface area contributed by atoms with E-state index < -0.39 is 6.10 Å². The van der Waals surface area contributed by atoms with Gasteiger partial charge in [0.05, 0.1) is 0 Å². The first-order chi connectivity index (χ1) is 34.0. The van der Waals surface area contributed by atoms with Crippen LogP contribution in [0.25, 0.3) is 0 Å². The van der Waals surface area contributed by atoms with Crippen LogP contribution in [0.3, 0.4) is 0 Å². The van der Waals surface area contributed by atoms with Gasteiger partial charge < -0.3 is 14.2 Å². The van der Waals surface area contributed by atoms with Crippen LogP contribution in [0.15, 0.2) is 122 Å². The van der Waals surface area contributed by atoms with Crippen LogP contribution in [0.4, 0.5) is 0 Å². The van der Waals surface area contributed by atoms with Gasteiger partial charge in [0.2, 0.25) is 0 Å². The number of unbranched alkanes of at least 4 members (excludes halogenated alkanes) is 22. The lowest BCUT2D eigenvalue weighted by Gasteiger charge is -2.18. The van der Waals surface area contributed by atoms with E-state index in [0.29, 0.717) is 19.3 Å². The predicted molar refractivity (Wildman–Crippen MR) is 297 cm³/mol. The van der Waals surface area contributed by atoms with Crippen molar-refractivity contribution < 1.29 is 28.6 Å². The second-order valence-corrected chi connectivity index (χ2v) is 18.2. The number of allylic oxidation sites excluding steroid dienone is 20. The Kier molecular flexibility index (Phi) is 53.0. The van der Waals surface area contributed by atoms with E-state index in [0.717, 1.165) is 128 Å². The third-order valence-electron chi connectivity index (χ3n) is 11.5. The summed E-state index contributed by atoms with van der Waals surface area (Å²) >= 11 is 0. The summed E-state index contributed by atoms with van der Waals surface area (Å²) in [5.74, 6) is -0.947. The summed E-state index contributed by atoms with van der Waals surface area (Å²) in [4.78, 5) is 38.2. The second-order valence-electron chi connectivity index (χ2n) is 18.2. The topological polar surface area (TPSA) is 78.9 Å². The molecule has 0 aliphatic heterocycles. The van der Waals surface area contributed by atoms with Gasteiger partial charge in [-0.25, -0.2) is 0 Å². The van der Waals surface area contributed by atoms with Gasteiger partial charge in [0.15, 0.2) is 6.10 Å². The SMILES string of the molecule is CC/C=C\C/C=C\C/C=C\CCCCCCCCC(=O)OCC(COC(=O)CCCCCCC\C=C/C=C\C=C/C=C\C=C/CCC)OC(=O)CCCCCCCCC/C=C\C/C=C\CCCCC. The number of carbonyl (C=O) groups excluding carboxylic acids is 3. The normalized spacial score (nSPS) is 13.0. The number of hydrogen-bond donors (Lipinski definition) is 0. The maximum Gasteiger partial charge on any atom is 0.306 e. The molecule has 0 saturated heterocycles. The minimum Gasteiger partial charge on any atom is -0.462 e. The molecule has 1 unspecified atom stereocenters. The van der Waals surface area contributed by atoms with E-state index in [-0.39, 0.29) is 31.1 Å². The van der Waals surface area contributed by atoms with Crippen LogP contribution in [0.5, 0.6) is 0 Å². The quantitative estimate of drug-likeness (QED) is 0.0199. The first-order valence-electron chi connectivity index (χ1n) is 28.1. The lowest BCUT2D eigenvalue weighted by molar-refractivity contribution is -0.167. The van der Waals surface area contributed by atoms with Gasteiger partial charge in [-0.3, -0.25) is 14.4 Å². The van der Waals surface area contributed by atoms with Crippen LogP contribution in [-0.2, 0) is 28.6 Å². The van der Waals surface area contributed by atoms with E-state index in [1.54, 1.807) is 0 Å². The molecule has 0 rings (SSSR count). The standard InChI is InChI=1S/C63H102O6/c1-4-7-10-13-16-19-22-25-28-31-33-35-38-41-44-47-50-53-56-62(65)68-59-60(58-67-61(64)55-52-49-46-43-40-37-34-30-27-24-21-18-15-12-9-6-3)69-63(66)57-54-51-48-45-42-39-36-32-29-26-23-20-17-14-11-8-5-2/h9-10,12-13,16-22,25-31,33,35,60H,4-8,11,14-15,23-24,32,34,36-59H2,1-3H3/b12-9-,13-10-,19-16-,20-17-,21-18-,25-22-,29-26-,30-27-,31-28-,35-33-. The van der Waals surface area contributed by atoms with Crippen molar-refractivity contribution in [2.24, 2.45) is 0 Å². The van der Waals surface area contributed by atoms with Gasteiger partial charge in [-0.15, -0.1) is 0 Å². The van der Waals surface area contributed by atoms with Crippen molar-refractivity contribution in [1.29, 1.82) is 0 Å². The monoisotopic (exact) mass is 955 g/mol. The zero-order valence-corrected chi connectivity index (χ0v) is 44.5. The lowest BCUT2D eigenvalue weighted by Crippen LogP contribution is -2.30. The largest absolute Gasteiger partial charge is 0.462 e. The van der Waals surface area contributed by atoms with Crippen LogP contribution in [0.2, 0.25) is 0 Å². The number of esters is 3. The average molecular weight is 956 g/mol. The number of hydrogen-bond acceptors (Lipinski definition) is 6. The molecule has 390 valence electrons. The fraction of sp³-hybridized carbons (Fsp3) is 0.635. The van der Waals surface area contributed by atoms with Crippen molar-refractivity contribution in [3.63, 3.8) is 0 Å². The van der Waals surface area contributed by atoms with Crippen LogP contribution < -0.4 is 0 Å². The van der Waals surface area contributed by atoms with E-state index in [1.807, 2.05) is 24.3 Å². The van der Waals surface area contributed by atoms with Crippen LogP contribution in [-0.4, -0.2) is 37.2 Å². The van der Waals surface area contributed by atoms with Crippen molar-refractivity contribution in [3.8, 4) is 0 Å². The molecule has 0 spiro atoms. The van der Waals surface area contributed by atoms with E-state index in [9.17, 15) is 14.4 Å². The Bertz CT molecular complexity index is 1470. The Balaban J connectivity index is 4.50. The summed E-state index contributed by atoms with van der Waals surface area (Å²) in [7, 11) is 0. The van der Waals surface area contributed by atoms with Crippen molar-refractivity contribution in [2.75, 3.05) is 13.2 Å². The van der Waals surface area contributed by atoms with E-state index in [2.05, 4.69) is 118 Å². The van der Waals surface area contributed by atoms with Gasteiger partial charge in [0.25, 0.3) is 0 Å². The van der Waals surface area contributed by atoms with Gasteiger partial charge >= 0.3 is 17.9 Å². The smallest absolute Gasteiger partial charge is 0.306 e. The molecule has 0 aromatic carbocycles. The average Bonchev–Trinajstić information content (AvgIpc) is 3.35. The van der Waals surface area contributed by atoms with Crippen LogP contribution >= 0.6 is 0 Å². The molecule has 6 nitrogen and oxygen atoms in total. The Morgan fingerprint density at radius 3 is 1.07 bits per heavy atom. The summed E-state index contributed by atoms with van der Waals surface area (Å²) in [5.41, 5.74) is 0. The fourth-order valence-electron chi connectivity index (χ4n) is 7.34. The van der Waals surface area contributed by atoms with Gasteiger partial charge in [-0.1, -0.05) is 239 Å². The Morgan fingerprint density at radius 2 is 0.652 bits per heavy atom. The molecule has 0 saturated carbocycles. The molecule has 0 N–H and O–H groups in total. The maximum absolute atomic E-state index is 12.9. The molecular weight excluding hydrogens is 853 g/mol. The highest BCUT2D eigenvalue weighted by Gasteiger charge is 2.19. The van der Waals surface area contributed by atoms with Gasteiger partial charge in [-0.05, 0) is 103 Å².